The summed E-state index contributed by atoms with van der Waals surface area (Å²) in [6, 6.07) is 7.33. The van der Waals surface area contributed by atoms with E-state index in [2.05, 4.69) is 25.1 Å². The van der Waals surface area contributed by atoms with Crippen molar-refractivity contribution in [1.82, 2.24) is 25.1 Å². The molecular formula is C17H11ClFN5O2. The molecule has 0 fully saturated rings. The summed E-state index contributed by atoms with van der Waals surface area (Å²) in [4.78, 5) is 23.8. The normalized spacial score (nSPS) is 11.0. The van der Waals surface area contributed by atoms with Gasteiger partial charge in [-0.2, -0.15) is 5.10 Å². The highest BCUT2D eigenvalue weighted by Gasteiger charge is 2.12. The molecule has 0 atom stereocenters. The molecule has 0 radical (unpaired) electrons. The second kappa shape index (κ2) is 6.57. The van der Waals surface area contributed by atoms with Gasteiger partial charge in [0, 0.05) is 18.5 Å². The van der Waals surface area contributed by atoms with E-state index in [1.165, 1.54) is 24.4 Å². The van der Waals surface area contributed by atoms with Crippen LogP contribution in [0.4, 0.5) is 4.39 Å². The third-order valence-electron chi connectivity index (χ3n) is 3.70. The molecule has 0 saturated heterocycles. The van der Waals surface area contributed by atoms with E-state index in [1.807, 2.05) is 0 Å². The van der Waals surface area contributed by atoms with E-state index < -0.39 is 5.82 Å². The maximum Gasteiger partial charge on any atom is 0.258 e. The molecule has 4 aromatic rings. The lowest BCUT2D eigenvalue weighted by molar-refractivity contribution is 0.295. The first-order chi connectivity index (χ1) is 12.6. The molecule has 0 unspecified atom stereocenters. The van der Waals surface area contributed by atoms with Crippen molar-refractivity contribution in [2.75, 3.05) is 0 Å². The fourth-order valence-corrected chi connectivity index (χ4v) is 2.65. The maximum atomic E-state index is 13.2. The number of ether oxygens (including phenoxy) is 1. The van der Waals surface area contributed by atoms with Gasteiger partial charge in [0.1, 0.15) is 35.2 Å². The molecular weight excluding hydrogens is 361 g/mol. The summed E-state index contributed by atoms with van der Waals surface area (Å²) in [6.45, 7) is -0.0234. The molecule has 0 spiro atoms. The Morgan fingerprint density at radius 1 is 1.19 bits per heavy atom. The first-order valence-corrected chi connectivity index (χ1v) is 7.95. The Morgan fingerprint density at radius 3 is 2.85 bits per heavy atom. The van der Waals surface area contributed by atoms with Gasteiger partial charge in [-0.3, -0.25) is 14.9 Å². The Bertz CT molecular complexity index is 1140. The van der Waals surface area contributed by atoms with Crippen molar-refractivity contribution in [1.29, 1.82) is 0 Å². The number of benzene rings is 1. The molecule has 130 valence electrons. The van der Waals surface area contributed by atoms with E-state index in [0.717, 1.165) is 0 Å². The highest BCUT2D eigenvalue weighted by atomic mass is 35.5. The number of hydrogen-bond donors (Lipinski definition) is 2. The lowest BCUT2D eigenvalue weighted by Crippen LogP contribution is -2.14. The third kappa shape index (κ3) is 3.02. The van der Waals surface area contributed by atoms with Crippen LogP contribution in [0.2, 0.25) is 5.02 Å². The van der Waals surface area contributed by atoms with Gasteiger partial charge in [-0.1, -0.05) is 11.6 Å². The molecule has 1 aromatic carbocycles. The molecule has 0 aliphatic rings. The van der Waals surface area contributed by atoms with Gasteiger partial charge in [0.05, 0.1) is 16.1 Å². The largest absolute Gasteiger partial charge is 0.486 e. The number of nitrogens with zero attached hydrogens (tertiary/aromatic N) is 3. The number of rotatable bonds is 4. The van der Waals surface area contributed by atoms with Crippen LogP contribution in [0, 0.1) is 5.82 Å². The zero-order valence-electron chi connectivity index (χ0n) is 13.2. The number of halogens is 2. The van der Waals surface area contributed by atoms with Gasteiger partial charge < -0.3 is 9.72 Å². The highest BCUT2D eigenvalue weighted by Crippen LogP contribution is 2.23. The van der Waals surface area contributed by atoms with Crippen molar-refractivity contribution in [3.05, 3.63) is 69.7 Å². The summed E-state index contributed by atoms with van der Waals surface area (Å²) < 4.78 is 18.7. The molecule has 26 heavy (non-hydrogen) atoms. The van der Waals surface area contributed by atoms with Crippen LogP contribution in [0.5, 0.6) is 5.75 Å². The molecule has 0 aliphatic heterocycles. The summed E-state index contributed by atoms with van der Waals surface area (Å²) in [6.07, 6.45) is 3.12. The fraction of sp³-hybridized carbons (Fsp3) is 0.0588. The van der Waals surface area contributed by atoms with Crippen LogP contribution in [0.25, 0.3) is 22.3 Å². The standard InChI is InChI=1S/C17H11ClFN5O2/c18-11-7-9(1-2-12(11)19)26-8-14-22-15-10(17(25)23-14)3-5-20-16(15)13-4-6-21-24-13/h1-7H,8H2,(H,21,24)(H,22,23,25). The van der Waals surface area contributed by atoms with Crippen LogP contribution in [-0.2, 0) is 6.61 Å². The van der Waals surface area contributed by atoms with Crippen molar-refractivity contribution in [3.63, 3.8) is 0 Å². The van der Waals surface area contributed by atoms with E-state index in [-0.39, 0.29) is 17.2 Å². The Labute approximate surface area is 150 Å². The molecule has 0 saturated carbocycles. The smallest absolute Gasteiger partial charge is 0.258 e. The minimum Gasteiger partial charge on any atom is -0.486 e. The first kappa shape index (κ1) is 16.2. The average Bonchev–Trinajstić information content (AvgIpc) is 3.17. The number of aromatic nitrogens is 5. The molecule has 0 bridgehead atoms. The number of hydrogen-bond acceptors (Lipinski definition) is 5. The molecule has 0 aliphatic carbocycles. The minimum atomic E-state index is -0.536. The van der Waals surface area contributed by atoms with Crippen LogP contribution >= 0.6 is 11.6 Å². The summed E-state index contributed by atoms with van der Waals surface area (Å²) >= 11 is 5.73. The van der Waals surface area contributed by atoms with Crippen molar-refractivity contribution in [3.8, 4) is 17.1 Å². The summed E-state index contributed by atoms with van der Waals surface area (Å²) in [7, 11) is 0. The lowest BCUT2D eigenvalue weighted by atomic mass is 10.2. The number of nitrogens with one attached hydrogen (secondary N) is 2. The lowest BCUT2D eigenvalue weighted by Gasteiger charge is -2.08. The molecule has 3 aromatic heterocycles. The topological polar surface area (TPSA) is 96.5 Å². The monoisotopic (exact) mass is 371 g/mol. The Hall–Kier alpha value is -3.26. The predicted octanol–water partition coefficient (Wildman–Crippen LogP) is 3.08. The maximum absolute atomic E-state index is 13.2. The van der Waals surface area contributed by atoms with Gasteiger partial charge in [0.25, 0.3) is 5.56 Å². The zero-order chi connectivity index (χ0) is 18.1. The van der Waals surface area contributed by atoms with Gasteiger partial charge in [-0.15, -0.1) is 0 Å². The number of pyridine rings is 1. The van der Waals surface area contributed by atoms with Gasteiger partial charge in [-0.05, 0) is 24.3 Å². The third-order valence-corrected chi connectivity index (χ3v) is 3.99. The quantitative estimate of drug-likeness (QED) is 0.574. The minimum absolute atomic E-state index is 0.0234. The molecule has 0 amide bonds. The van der Waals surface area contributed by atoms with E-state index in [4.69, 9.17) is 16.3 Å². The van der Waals surface area contributed by atoms with Gasteiger partial charge in [-0.25, -0.2) is 9.37 Å². The first-order valence-electron chi connectivity index (χ1n) is 7.57. The van der Waals surface area contributed by atoms with Crippen molar-refractivity contribution in [2.24, 2.45) is 0 Å². The van der Waals surface area contributed by atoms with Crippen LogP contribution in [0.15, 0.2) is 47.5 Å². The SMILES string of the molecule is O=c1[nH]c(COc2ccc(F)c(Cl)c2)nc2c(-c3ccn[nH]3)nccc12. The van der Waals surface area contributed by atoms with Gasteiger partial charge in [0.2, 0.25) is 0 Å². The number of H-pyrrole nitrogens is 2. The average molecular weight is 372 g/mol. The highest BCUT2D eigenvalue weighted by molar-refractivity contribution is 6.30. The fourth-order valence-electron chi connectivity index (χ4n) is 2.48. The van der Waals surface area contributed by atoms with Crippen molar-refractivity contribution in [2.45, 2.75) is 6.61 Å². The molecule has 4 rings (SSSR count). The molecule has 3 heterocycles. The van der Waals surface area contributed by atoms with Crippen LogP contribution < -0.4 is 10.3 Å². The van der Waals surface area contributed by atoms with Crippen molar-refractivity contribution >= 4 is 22.5 Å². The van der Waals surface area contributed by atoms with E-state index >= 15 is 0 Å². The van der Waals surface area contributed by atoms with Crippen LogP contribution in [-0.4, -0.2) is 25.1 Å². The van der Waals surface area contributed by atoms with E-state index in [0.29, 0.717) is 33.9 Å². The van der Waals surface area contributed by atoms with Crippen LogP contribution in [0.1, 0.15) is 5.82 Å². The van der Waals surface area contributed by atoms with Gasteiger partial charge in [0.15, 0.2) is 0 Å². The number of fused-ring (bicyclic) bond motifs is 1. The summed E-state index contributed by atoms with van der Waals surface area (Å²) in [5, 5.41) is 7.06. The summed E-state index contributed by atoms with van der Waals surface area (Å²) in [5.41, 5.74) is 1.27. The van der Waals surface area contributed by atoms with E-state index in [1.54, 1.807) is 18.3 Å². The zero-order valence-corrected chi connectivity index (χ0v) is 13.9. The van der Waals surface area contributed by atoms with Crippen molar-refractivity contribution < 1.29 is 9.13 Å². The Balaban J connectivity index is 1.71. The second-order valence-corrected chi connectivity index (χ2v) is 5.81. The van der Waals surface area contributed by atoms with Gasteiger partial charge >= 0.3 is 0 Å². The predicted molar refractivity (Wildman–Crippen MR) is 93.5 cm³/mol. The Kier molecular flexibility index (Phi) is 4.10. The van der Waals surface area contributed by atoms with Crippen LogP contribution in [0.3, 0.4) is 0 Å². The van der Waals surface area contributed by atoms with E-state index in [9.17, 15) is 9.18 Å². The molecule has 9 heteroatoms. The number of aromatic amines is 2. The Morgan fingerprint density at radius 2 is 2.08 bits per heavy atom. The molecule has 7 nitrogen and oxygen atoms in total. The summed E-state index contributed by atoms with van der Waals surface area (Å²) in [5.74, 6) is 0.127. The second-order valence-electron chi connectivity index (χ2n) is 5.40. The molecule has 2 N–H and O–H groups in total.